The number of carbonyl (C=O) groups is 2. The van der Waals surface area contributed by atoms with Gasteiger partial charge in [0.2, 0.25) is 0 Å². The predicted octanol–water partition coefficient (Wildman–Crippen LogP) is 3.57. The van der Waals surface area contributed by atoms with Crippen molar-refractivity contribution in [2.45, 2.75) is 51.9 Å². The highest BCUT2D eigenvalue weighted by molar-refractivity contribution is 5.87. The zero-order valence-electron chi connectivity index (χ0n) is 12.5. The average molecular weight is 282 g/mol. The maximum Gasteiger partial charge on any atom is 0.333 e. The van der Waals surface area contributed by atoms with Gasteiger partial charge in [0.15, 0.2) is 0 Å². The van der Waals surface area contributed by atoms with E-state index in [0.29, 0.717) is 25.2 Å². The van der Waals surface area contributed by atoms with E-state index in [1.54, 1.807) is 0 Å². The molecule has 4 nitrogen and oxygen atoms in total. The number of hydrogen-bond donors (Lipinski definition) is 0. The van der Waals surface area contributed by atoms with E-state index in [1.807, 2.05) is 6.92 Å². The molecule has 0 unspecified atom stereocenters. The van der Waals surface area contributed by atoms with E-state index < -0.39 is 0 Å². The lowest BCUT2D eigenvalue weighted by atomic mass is 10.1. The minimum atomic E-state index is -0.361. The Morgan fingerprint density at radius 2 is 1.45 bits per heavy atom. The van der Waals surface area contributed by atoms with Gasteiger partial charge < -0.3 is 9.47 Å². The normalized spacial score (nSPS) is 9.85. The van der Waals surface area contributed by atoms with E-state index in [0.717, 1.165) is 38.5 Å². The molecule has 0 bridgehead atoms. The summed E-state index contributed by atoms with van der Waals surface area (Å²) in [5.41, 5.74) is 0.527. The summed E-state index contributed by atoms with van der Waals surface area (Å²) in [6.45, 7) is 9.77. The molecule has 0 rings (SSSR count). The molecule has 0 radical (unpaired) electrons. The van der Waals surface area contributed by atoms with E-state index in [9.17, 15) is 9.59 Å². The van der Waals surface area contributed by atoms with Gasteiger partial charge >= 0.3 is 11.9 Å². The first-order valence-electron chi connectivity index (χ1n) is 7.25. The van der Waals surface area contributed by atoms with Crippen LogP contribution in [-0.4, -0.2) is 25.2 Å². The summed E-state index contributed by atoms with van der Waals surface area (Å²) in [5, 5.41) is 0. The first kappa shape index (κ1) is 18.4. The molecule has 0 saturated heterocycles. The van der Waals surface area contributed by atoms with Gasteiger partial charge in [-0.05, 0) is 19.3 Å². The van der Waals surface area contributed by atoms with Crippen molar-refractivity contribution in [3.63, 3.8) is 0 Å². The van der Waals surface area contributed by atoms with Gasteiger partial charge in [-0.2, -0.15) is 0 Å². The van der Waals surface area contributed by atoms with Gasteiger partial charge in [-0.3, -0.25) is 0 Å². The minimum absolute atomic E-state index is 0.281. The molecule has 0 spiro atoms. The highest BCUT2D eigenvalue weighted by atomic mass is 16.5. The number of hydrogen-bond acceptors (Lipinski definition) is 4. The number of rotatable bonds is 12. The number of esters is 2. The second-order valence-electron chi connectivity index (χ2n) is 4.59. The van der Waals surface area contributed by atoms with Crippen LogP contribution in [0.1, 0.15) is 51.9 Å². The van der Waals surface area contributed by atoms with Crippen LogP contribution in [0.15, 0.2) is 24.8 Å². The highest BCUT2D eigenvalue weighted by Crippen LogP contribution is 2.07. The van der Waals surface area contributed by atoms with Crippen molar-refractivity contribution in [1.82, 2.24) is 0 Å². The van der Waals surface area contributed by atoms with Crippen molar-refractivity contribution in [1.29, 1.82) is 0 Å². The minimum Gasteiger partial charge on any atom is -0.463 e. The van der Waals surface area contributed by atoms with Crippen LogP contribution in [0.25, 0.3) is 0 Å². The van der Waals surface area contributed by atoms with Crippen LogP contribution >= 0.6 is 0 Å². The van der Waals surface area contributed by atoms with Crippen LogP contribution in [0.2, 0.25) is 0 Å². The van der Waals surface area contributed by atoms with Crippen LogP contribution < -0.4 is 0 Å². The highest BCUT2D eigenvalue weighted by Gasteiger charge is 2.04. The molecule has 0 atom stereocenters. The summed E-state index contributed by atoms with van der Waals surface area (Å²) >= 11 is 0. The Hall–Kier alpha value is -1.58. The zero-order valence-corrected chi connectivity index (χ0v) is 12.5. The van der Waals surface area contributed by atoms with Gasteiger partial charge in [0.25, 0.3) is 0 Å². The zero-order chi connectivity index (χ0) is 15.2. The molecule has 20 heavy (non-hydrogen) atoms. The van der Waals surface area contributed by atoms with Crippen molar-refractivity contribution in [2.75, 3.05) is 13.2 Å². The van der Waals surface area contributed by atoms with E-state index in [2.05, 4.69) is 13.2 Å². The molecule has 0 heterocycles. The van der Waals surface area contributed by atoms with Gasteiger partial charge in [-0.1, -0.05) is 45.8 Å². The smallest absolute Gasteiger partial charge is 0.333 e. The van der Waals surface area contributed by atoms with Crippen LogP contribution in [0, 0.1) is 0 Å². The van der Waals surface area contributed by atoms with Crippen LogP contribution in [0.5, 0.6) is 0 Å². The van der Waals surface area contributed by atoms with Gasteiger partial charge in [0, 0.05) is 11.6 Å². The van der Waals surface area contributed by atoms with Crippen molar-refractivity contribution >= 4 is 11.9 Å². The van der Waals surface area contributed by atoms with E-state index in [-0.39, 0.29) is 11.9 Å². The molecule has 0 N–H and O–H groups in total. The van der Waals surface area contributed by atoms with Gasteiger partial charge in [0.1, 0.15) is 0 Å². The van der Waals surface area contributed by atoms with Gasteiger partial charge in [-0.15, -0.1) is 0 Å². The van der Waals surface area contributed by atoms with Crippen LogP contribution in [0.4, 0.5) is 0 Å². The molecule has 0 aliphatic heterocycles. The average Bonchev–Trinajstić information content (AvgIpc) is 2.47. The third-order valence-electron chi connectivity index (χ3n) is 2.90. The number of ether oxygens (including phenoxy) is 2. The molecule has 0 aliphatic rings. The van der Waals surface area contributed by atoms with Gasteiger partial charge in [0.05, 0.1) is 13.2 Å². The van der Waals surface area contributed by atoms with E-state index in [4.69, 9.17) is 9.47 Å². The molecule has 4 heteroatoms. The molecule has 0 fully saturated rings. The Balaban J connectivity index is 3.25. The Labute approximate surface area is 121 Å². The van der Waals surface area contributed by atoms with Crippen molar-refractivity contribution in [3.8, 4) is 0 Å². The maximum absolute atomic E-state index is 11.3. The first-order valence-corrected chi connectivity index (χ1v) is 7.25. The molecule has 114 valence electrons. The summed E-state index contributed by atoms with van der Waals surface area (Å²) in [5.74, 6) is -0.642. The second-order valence-corrected chi connectivity index (χ2v) is 4.59. The second kappa shape index (κ2) is 12.5. The van der Waals surface area contributed by atoms with Crippen molar-refractivity contribution < 1.29 is 19.1 Å². The molecule has 0 aromatic heterocycles. The molecule has 0 aliphatic carbocycles. The van der Waals surface area contributed by atoms with E-state index in [1.165, 1.54) is 6.08 Å². The fraction of sp³-hybridized carbons (Fsp3) is 0.625. The SMILES string of the molecule is C=CC(=O)OCCCCCCCCOC(=O)C(=C)CC. The summed E-state index contributed by atoms with van der Waals surface area (Å²) in [6.07, 6.45) is 7.85. The lowest BCUT2D eigenvalue weighted by Gasteiger charge is -2.05. The first-order chi connectivity index (χ1) is 9.61. The van der Waals surface area contributed by atoms with Crippen LogP contribution in [0.3, 0.4) is 0 Å². The summed E-state index contributed by atoms with van der Waals surface area (Å²) in [7, 11) is 0. The molecule has 0 aromatic rings. The van der Waals surface area contributed by atoms with Crippen molar-refractivity contribution in [3.05, 3.63) is 24.8 Å². The molecule has 0 saturated carbocycles. The predicted molar refractivity (Wildman–Crippen MR) is 79.2 cm³/mol. The summed E-state index contributed by atoms with van der Waals surface area (Å²) in [4.78, 5) is 22.0. The summed E-state index contributed by atoms with van der Waals surface area (Å²) in [6, 6.07) is 0. The molecule has 0 aromatic carbocycles. The molecule has 0 amide bonds. The number of unbranched alkanes of at least 4 members (excludes halogenated alkanes) is 5. The maximum atomic E-state index is 11.3. The Kier molecular flexibility index (Phi) is 11.5. The largest absolute Gasteiger partial charge is 0.463 e. The fourth-order valence-corrected chi connectivity index (χ4v) is 1.55. The lowest BCUT2D eigenvalue weighted by molar-refractivity contribution is -0.139. The molecular formula is C16H26O4. The number of carbonyl (C=O) groups excluding carboxylic acids is 2. The molecular weight excluding hydrogens is 256 g/mol. The monoisotopic (exact) mass is 282 g/mol. The van der Waals surface area contributed by atoms with Crippen molar-refractivity contribution in [2.24, 2.45) is 0 Å². The quantitative estimate of drug-likeness (QED) is 0.312. The Morgan fingerprint density at radius 1 is 0.950 bits per heavy atom. The lowest BCUT2D eigenvalue weighted by Crippen LogP contribution is -2.07. The Morgan fingerprint density at radius 3 is 1.95 bits per heavy atom. The third kappa shape index (κ3) is 10.4. The third-order valence-corrected chi connectivity index (χ3v) is 2.90. The standard InChI is InChI=1S/C16H26O4/c1-4-14(3)16(18)20-13-11-9-7-6-8-10-12-19-15(17)5-2/h5H,2-4,6-13H2,1H3. The Bertz CT molecular complexity index is 320. The van der Waals surface area contributed by atoms with E-state index >= 15 is 0 Å². The van der Waals surface area contributed by atoms with Gasteiger partial charge in [-0.25, -0.2) is 9.59 Å². The fourth-order valence-electron chi connectivity index (χ4n) is 1.55. The summed E-state index contributed by atoms with van der Waals surface area (Å²) < 4.78 is 9.95. The topological polar surface area (TPSA) is 52.6 Å². The van der Waals surface area contributed by atoms with Crippen LogP contribution in [-0.2, 0) is 19.1 Å².